The van der Waals surface area contributed by atoms with Crippen molar-refractivity contribution in [1.82, 2.24) is 0 Å². The Morgan fingerprint density at radius 3 is 2.64 bits per heavy atom. The first-order valence-electron chi connectivity index (χ1n) is 4.04. The number of benzene rings is 1. The molecule has 76 valence electrons. The maximum absolute atomic E-state index is 13.4. The summed E-state index contributed by atoms with van der Waals surface area (Å²) >= 11 is 5.63. The summed E-state index contributed by atoms with van der Waals surface area (Å²) in [7, 11) is -1.90. The topological polar surface area (TPSA) is 49.7 Å². The average molecular weight is 218 g/mol. The normalized spacial score (nSPS) is 10.1. The van der Waals surface area contributed by atoms with Crippen molar-refractivity contribution in [3.63, 3.8) is 0 Å². The van der Waals surface area contributed by atoms with E-state index in [2.05, 4.69) is 0 Å². The van der Waals surface area contributed by atoms with E-state index in [1.807, 2.05) is 0 Å². The molecule has 1 aromatic rings. The van der Waals surface area contributed by atoms with Crippen molar-refractivity contribution in [3.8, 4) is 5.75 Å². The lowest BCUT2D eigenvalue weighted by Crippen LogP contribution is -2.33. The molecular weight excluding hydrogens is 209 g/mol. The maximum atomic E-state index is 13.4. The third-order valence-corrected chi connectivity index (χ3v) is 1.83. The second-order valence-electron chi connectivity index (χ2n) is 2.61. The second kappa shape index (κ2) is 4.64. The van der Waals surface area contributed by atoms with Gasteiger partial charge in [-0.3, -0.25) is 0 Å². The molecule has 0 bridgehead atoms. The summed E-state index contributed by atoms with van der Waals surface area (Å²) in [5, 5.41) is 17.8. The zero-order valence-corrected chi connectivity index (χ0v) is 8.25. The standard InChI is InChI=1S/C8H9BClFO3/c1-2-14-7-4-5(10)3-6(8(7)11)9(12)13/h3-4,12-13H,2H2,1H3. The average Bonchev–Trinajstić information content (AvgIpc) is 2.10. The van der Waals surface area contributed by atoms with Gasteiger partial charge in [0, 0.05) is 16.6 Å². The minimum Gasteiger partial charge on any atom is -0.491 e. The van der Waals surface area contributed by atoms with E-state index in [-0.39, 0.29) is 22.8 Å². The Bertz CT molecular complexity index is 333. The Hall–Kier alpha value is -0.775. The highest BCUT2D eigenvalue weighted by atomic mass is 35.5. The van der Waals surface area contributed by atoms with E-state index >= 15 is 0 Å². The maximum Gasteiger partial charge on any atom is 0.491 e. The molecular formula is C8H9BClFO3. The van der Waals surface area contributed by atoms with Gasteiger partial charge in [0.15, 0.2) is 11.6 Å². The van der Waals surface area contributed by atoms with Gasteiger partial charge in [0.2, 0.25) is 0 Å². The molecule has 0 amide bonds. The van der Waals surface area contributed by atoms with E-state index in [1.165, 1.54) is 6.07 Å². The number of hydrogen-bond acceptors (Lipinski definition) is 3. The quantitative estimate of drug-likeness (QED) is 0.729. The van der Waals surface area contributed by atoms with Crippen LogP contribution in [0.25, 0.3) is 0 Å². The Kier molecular flexibility index (Phi) is 3.74. The van der Waals surface area contributed by atoms with E-state index in [0.717, 1.165) is 6.07 Å². The first kappa shape index (κ1) is 11.3. The molecule has 2 N–H and O–H groups in total. The van der Waals surface area contributed by atoms with Crippen molar-refractivity contribution < 1.29 is 19.2 Å². The van der Waals surface area contributed by atoms with Crippen LogP contribution in [0.1, 0.15) is 6.92 Å². The predicted octanol–water partition coefficient (Wildman–Crippen LogP) is 0.558. The van der Waals surface area contributed by atoms with Crippen molar-refractivity contribution in [2.75, 3.05) is 6.61 Å². The summed E-state index contributed by atoms with van der Waals surface area (Å²) in [5.74, 6) is -0.880. The second-order valence-corrected chi connectivity index (χ2v) is 3.05. The minimum atomic E-state index is -1.90. The first-order valence-corrected chi connectivity index (χ1v) is 4.42. The summed E-state index contributed by atoms with van der Waals surface area (Å²) in [4.78, 5) is 0. The Morgan fingerprint density at radius 2 is 2.14 bits per heavy atom. The number of ether oxygens (including phenoxy) is 1. The Balaban J connectivity index is 3.18. The van der Waals surface area contributed by atoms with Crippen LogP contribution in [0.5, 0.6) is 5.75 Å². The lowest BCUT2D eigenvalue weighted by Gasteiger charge is -2.09. The van der Waals surface area contributed by atoms with Gasteiger partial charge in [0.25, 0.3) is 0 Å². The fourth-order valence-corrected chi connectivity index (χ4v) is 1.25. The molecule has 3 nitrogen and oxygen atoms in total. The van der Waals surface area contributed by atoms with Crippen molar-refractivity contribution in [2.45, 2.75) is 6.92 Å². The number of rotatable bonds is 3. The number of hydrogen-bond donors (Lipinski definition) is 2. The minimum absolute atomic E-state index is 0.0805. The van der Waals surface area contributed by atoms with Gasteiger partial charge in [0.05, 0.1) is 6.61 Å². The molecule has 0 aliphatic carbocycles. The van der Waals surface area contributed by atoms with Crippen LogP contribution < -0.4 is 10.2 Å². The van der Waals surface area contributed by atoms with Gasteiger partial charge in [-0.25, -0.2) is 4.39 Å². The summed E-state index contributed by atoms with van der Waals surface area (Å²) in [6.45, 7) is 1.97. The van der Waals surface area contributed by atoms with Gasteiger partial charge < -0.3 is 14.8 Å². The van der Waals surface area contributed by atoms with Crippen LogP contribution in [-0.2, 0) is 0 Å². The van der Waals surface area contributed by atoms with Crippen molar-refractivity contribution in [3.05, 3.63) is 23.0 Å². The molecule has 0 heterocycles. The highest BCUT2D eigenvalue weighted by Gasteiger charge is 2.20. The lowest BCUT2D eigenvalue weighted by atomic mass is 9.80. The van der Waals surface area contributed by atoms with E-state index < -0.39 is 12.9 Å². The molecule has 0 aliphatic heterocycles. The molecule has 6 heteroatoms. The molecule has 1 rings (SSSR count). The molecule has 14 heavy (non-hydrogen) atoms. The summed E-state index contributed by atoms with van der Waals surface area (Å²) in [5.41, 5.74) is -0.291. The van der Waals surface area contributed by atoms with Crippen LogP contribution in [-0.4, -0.2) is 23.8 Å². The zero-order valence-electron chi connectivity index (χ0n) is 7.50. The van der Waals surface area contributed by atoms with E-state index in [4.69, 9.17) is 26.4 Å². The molecule has 0 unspecified atom stereocenters. The SMILES string of the molecule is CCOc1cc(Cl)cc(B(O)O)c1F. The van der Waals surface area contributed by atoms with E-state index in [1.54, 1.807) is 6.92 Å². The molecule has 0 spiro atoms. The predicted molar refractivity (Wildman–Crippen MR) is 52.4 cm³/mol. The van der Waals surface area contributed by atoms with E-state index in [0.29, 0.717) is 0 Å². The van der Waals surface area contributed by atoms with Crippen LogP contribution in [0.4, 0.5) is 4.39 Å². The van der Waals surface area contributed by atoms with Gasteiger partial charge >= 0.3 is 7.12 Å². The summed E-state index contributed by atoms with van der Waals surface area (Å²) in [6.07, 6.45) is 0. The van der Waals surface area contributed by atoms with Gasteiger partial charge in [-0.05, 0) is 13.0 Å². The fourth-order valence-electron chi connectivity index (χ4n) is 1.03. The number of halogens is 2. The molecule has 0 saturated carbocycles. The molecule has 0 fully saturated rings. The van der Waals surface area contributed by atoms with Gasteiger partial charge in [0.1, 0.15) is 0 Å². The fraction of sp³-hybridized carbons (Fsp3) is 0.250. The third-order valence-electron chi connectivity index (χ3n) is 1.61. The monoisotopic (exact) mass is 218 g/mol. The largest absolute Gasteiger partial charge is 0.491 e. The molecule has 0 aromatic heterocycles. The Labute approximate surface area is 86.2 Å². The van der Waals surface area contributed by atoms with Crippen LogP contribution >= 0.6 is 11.6 Å². The van der Waals surface area contributed by atoms with Crippen molar-refractivity contribution >= 4 is 24.2 Å². The summed E-state index contributed by atoms with van der Waals surface area (Å²) < 4.78 is 18.3. The van der Waals surface area contributed by atoms with E-state index in [9.17, 15) is 4.39 Å². The Morgan fingerprint density at radius 1 is 1.50 bits per heavy atom. The zero-order chi connectivity index (χ0) is 10.7. The van der Waals surface area contributed by atoms with Crippen LogP contribution in [0.3, 0.4) is 0 Å². The highest BCUT2D eigenvalue weighted by molar-refractivity contribution is 6.59. The smallest absolute Gasteiger partial charge is 0.491 e. The van der Waals surface area contributed by atoms with Gasteiger partial charge in [-0.2, -0.15) is 0 Å². The molecule has 0 saturated heterocycles. The summed E-state index contributed by atoms with van der Waals surface area (Å²) in [6, 6.07) is 2.43. The van der Waals surface area contributed by atoms with Gasteiger partial charge in [-0.1, -0.05) is 11.6 Å². The molecule has 0 atom stereocenters. The van der Waals surface area contributed by atoms with Crippen LogP contribution in [0.15, 0.2) is 12.1 Å². The first-order chi connectivity index (χ1) is 6.56. The van der Waals surface area contributed by atoms with Crippen LogP contribution in [0.2, 0.25) is 5.02 Å². The molecule has 0 aliphatic rings. The molecule has 1 aromatic carbocycles. The third kappa shape index (κ3) is 2.38. The lowest BCUT2D eigenvalue weighted by molar-refractivity contribution is 0.321. The highest BCUT2D eigenvalue weighted by Crippen LogP contribution is 2.20. The van der Waals surface area contributed by atoms with Crippen LogP contribution in [0, 0.1) is 5.82 Å². The molecule has 0 radical (unpaired) electrons. The van der Waals surface area contributed by atoms with Crippen molar-refractivity contribution in [2.24, 2.45) is 0 Å². The van der Waals surface area contributed by atoms with Crippen molar-refractivity contribution in [1.29, 1.82) is 0 Å². The van der Waals surface area contributed by atoms with Gasteiger partial charge in [-0.15, -0.1) is 0 Å².